The number of methoxy groups -OCH3 is 1. The molecule has 2 radical (unpaired) electrons. The maximum absolute atomic E-state index is 6.08. The van der Waals surface area contributed by atoms with Crippen LogP contribution in [-0.2, 0) is 6.54 Å². The number of benzene rings is 1. The number of rotatable bonds is 3. The first-order chi connectivity index (χ1) is 10.2. The molecule has 0 amide bonds. The lowest BCUT2D eigenvalue weighted by Crippen LogP contribution is -2.43. The fraction of sp³-hybridized carbons (Fsp3) is 0.438. The van der Waals surface area contributed by atoms with Gasteiger partial charge in [0, 0.05) is 38.9 Å². The molecule has 0 saturated carbocycles. The first-order valence-electron chi connectivity index (χ1n) is 7.29. The lowest BCUT2D eigenvalue weighted by molar-refractivity contribution is 0.148. The summed E-state index contributed by atoms with van der Waals surface area (Å²) in [5.41, 5.74) is 2.91. The van der Waals surface area contributed by atoms with Crippen molar-refractivity contribution in [2.75, 3.05) is 40.3 Å². The molecule has 1 saturated heterocycles. The van der Waals surface area contributed by atoms with Gasteiger partial charge in [-0.05, 0) is 30.1 Å². The van der Waals surface area contributed by atoms with Crippen LogP contribution in [0.15, 0.2) is 24.4 Å². The Morgan fingerprint density at radius 1 is 1.24 bits per heavy atom. The number of piperazine rings is 1. The van der Waals surface area contributed by atoms with Crippen molar-refractivity contribution >= 4 is 24.2 Å². The molecule has 1 aromatic heterocycles. The van der Waals surface area contributed by atoms with Crippen molar-refractivity contribution < 1.29 is 4.74 Å². The van der Waals surface area contributed by atoms with Crippen molar-refractivity contribution in [2.24, 2.45) is 0 Å². The van der Waals surface area contributed by atoms with Gasteiger partial charge in [0.1, 0.15) is 13.6 Å². The highest BCUT2D eigenvalue weighted by atomic mass is 16.5. The standard InChI is InChI=1S/C16H20BN3O/c1-19-5-7-20(8-6-19)11-12-9-13(21-2)10-14-15(17)3-4-18-16(12)14/h3-4,9-10H,5-8,11H2,1-2H3. The minimum Gasteiger partial charge on any atom is -0.497 e. The fourth-order valence-electron chi connectivity index (χ4n) is 2.80. The SMILES string of the molecule is [B]c1ccnc2c(CN3CCN(C)CC3)cc(OC)cc12. The van der Waals surface area contributed by atoms with Crippen LogP contribution in [0.5, 0.6) is 5.75 Å². The summed E-state index contributed by atoms with van der Waals surface area (Å²) in [6.07, 6.45) is 1.78. The van der Waals surface area contributed by atoms with Gasteiger partial charge in [0.15, 0.2) is 0 Å². The Morgan fingerprint density at radius 3 is 2.71 bits per heavy atom. The zero-order valence-corrected chi connectivity index (χ0v) is 12.7. The molecule has 0 bridgehead atoms. The van der Waals surface area contributed by atoms with Gasteiger partial charge in [-0.1, -0.05) is 11.5 Å². The summed E-state index contributed by atoms with van der Waals surface area (Å²) in [7, 11) is 9.94. The third kappa shape index (κ3) is 3.04. The average Bonchev–Trinajstić information content (AvgIpc) is 2.50. The molecule has 5 heteroatoms. The molecule has 2 heterocycles. The molecule has 2 aromatic rings. The van der Waals surface area contributed by atoms with Crippen molar-refractivity contribution in [1.29, 1.82) is 0 Å². The number of hydrogen-bond donors (Lipinski definition) is 0. The molecular weight excluding hydrogens is 261 g/mol. The molecular formula is C16H20BN3O. The number of hydrogen-bond acceptors (Lipinski definition) is 4. The van der Waals surface area contributed by atoms with Crippen LogP contribution in [0.3, 0.4) is 0 Å². The molecule has 3 rings (SSSR count). The summed E-state index contributed by atoms with van der Waals surface area (Å²) in [5, 5.41) is 0.973. The van der Waals surface area contributed by atoms with Crippen LogP contribution in [-0.4, -0.2) is 63.0 Å². The van der Waals surface area contributed by atoms with E-state index in [4.69, 9.17) is 12.6 Å². The third-order valence-electron chi connectivity index (χ3n) is 4.16. The van der Waals surface area contributed by atoms with Gasteiger partial charge in [0.2, 0.25) is 0 Å². The number of ether oxygens (including phenoxy) is 1. The van der Waals surface area contributed by atoms with Crippen molar-refractivity contribution in [2.45, 2.75) is 6.54 Å². The molecule has 21 heavy (non-hydrogen) atoms. The molecule has 0 N–H and O–H groups in total. The monoisotopic (exact) mass is 281 g/mol. The Balaban J connectivity index is 1.95. The van der Waals surface area contributed by atoms with Crippen LogP contribution < -0.4 is 10.2 Å². The van der Waals surface area contributed by atoms with E-state index in [0.717, 1.165) is 54.8 Å². The minimum atomic E-state index is 0.749. The zero-order chi connectivity index (χ0) is 14.8. The second kappa shape index (κ2) is 6.04. The molecule has 1 aromatic carbocycles. The molecule has 1 aliphatic rings. The van der Waals surface area contributed by atoms with Gasteiger partial charge >= 0.3 is 0 Å². The summed E-state index contributed by atoms with van der Waals surface area (Å²) < 4.78 is 5.41. The fourth-order valence-corrected chi connectivity index (χ4v) is 2.80. The Labute approximate surface area is 127 Å². The summed E-state index contributed by atoms with van der Waals surface area (Å²) in [5.74, 6) is 0.839. The van der Waals surface area contributed by atoms with Crippen molar-refractivity contribution in [1.82, 2.24) is 14.8 Å². The van der Waals surface area contributed by atoms with E-state index in [9.17, 15) is 0 Å². The molecule has 1 aliphatic heterocycles. The molecule has 4 nitrogen and oxygen atoms in total. The Bertz CT molecular complexity index is 639. The van der Waals surface area contributed by atoms with Crippen LogP contribution in [0.25, 0.3) is 10.9 Å². The minimum absolute atomic E-state index is 0.749. The van der Waals surface area contributed by atoms with E-state index in [1.807, 2.05) is 12.1 Å². The van der Waals surface area contributed by atoms with Gasteiger partial charge in [0.25, 0.3) is 0 Å². The molecule has 0 atom stereocenters. The Hall–Kier alpha value is -1.59. The van der Waals surface area contributed by atoms with Crippen LogP contribution in [0, 0.1) is 0 Å². The highest BCUT2D eigenvalue weighted by Crippen LogP contribution is 2.24. The maximum Gasteiger partial charge on any atom is 0.119 e. The van der Waals surface area contributed by atoms with Crippen LogP contribution >= 0.6 is 0 Å². The number of aromatic nitrogens is 1. The largest absolute Gasteiger partial charge is 0.497 e. The summed E-state index contributed by atoms with van der Waals surface area (Å²) in [6, 6.07) is 5.87. The Morgan fingerprint density at radius 2 is 2.00 bits per heavy atom. The lowest BCUT2D eigenvalue weighted by atomic mass is 9.91. The summed E-state index contributed by atoms with van der Waals surface area (Å²) >= 11 is 0. The molecule has 0 spiro atoms. The van der Waals surface area contributed by atoms with Gasteiger partial charge in [-0.15, -0.1) is 0 Å². The third-order valence-corrected chi connectivity index (χ3v) is 4.16. The van der Waals surface area contributed by atoms with E-state index >= 15 is 0 Å². The van der Waals surface area contributed by atoms with Gasteiger partial charge < -0.3 is 9.64 Å². The van der Waals surface area contributed by atoms with Gasteiger partial charge in [0.05, 0.1) is 12.6 Å². The normalized spacial score (nSPS) is 17.2. The van der Waals surface area contributed by atoms with Gasteiger partial charge in [-0.3, -0.25) is 9.88 Å². The van der Waals surface area contributed by atoms with Crippen molar-refractivity contribution in [3.8, 4) is 5.75 Å². The van der Waals surface area contributed by atoms with Crippen LogP contribution in [0.1, 0.15) is 5.56 Å². The van der Waals surface area contributed by atoms with E-state index in [1.54, 1.807) is 13.3 Å². The predicted molar refractivity (Wildman–Crippen MR) is 86.5 cm³/mol. The molecule has 1 fully saturated rings. The predicted octanol–water partition coefficient (Wildman–Crippen LogP) is 0.785. The van der Waals surface area contributed by atoms with E-state index in [0.29, 0.717) is 0 Å². The highest BCUT2D eigenvalue weighted by molar-refractivity contribution is 6.38. The number of fused-ring (bicyclic) bond motifs is 1. The topological polar surface area (TPSA) is 28.6 Å². The maximum atomic E-state index is 6.08. The Kier molecular flexibility index (Phi) is 4.13. The summed E-state index contributed by atoms with van der Waals surface area (Å²) in [6.45, 7) is 5.27. The first-order valence-corrected chi connectivity index (χ1v) is 7.29. The molecule has 0 aliphatic carbocycles. The lowest BCUT2D eigenvalue weighted by Gasteiger charge is -2.32. The van der Waals surface area contributed by atoms with E-state index in [1.165, 1.54) is 5.56 Å². The van der Waals surface area contributed by atoms with E-state index < -0.39 is 0 Å². The number of pyridine rings is 1. The summed E-state index contributed by atoms with van der Waals surface area (Å²) in [4.78, 5) is 9.34. The molecule has 0 unspecified atom stereocenters. The van der Waals surface area contributed by atoms with E-state index in [-0.39, 0.29) is 0 Å². The zero-order valence-electron chi connectivity index (χ0n) is 12.7. The second-order valence-corrected chi connectivity index (χ2v) is 5.66. The van der Waals surface area contributed by atoms with Crippen LogP contribution in [0.2, 0.25) is 0 Å². The van der Waals surface area contributed by atoms with Crippen molar-refractivity contribution in [3.63, 3.8) is 0 Å². The highest BCUT2D eigenvalue weighted by Gasteiger charge is 2.16. The van der Waals surface area contributed by atoms with Crippen molar-refractivity contribution in [3.05, 3.63) is 30.0 Å². The number of likely N-dealkylation sites (N-methyl/N-ethyl adjacent to an activating group) is 1. The van der Waals surface area contributed by atoms with Crippen LogP contribution in [0.4, 0.5) is 0 Å². The second-order valence-electron chi connectivity index (χ2n) is 5.66. The van der Waals surface area contributed by atoms with E-state index in [2.05, 4.69) is 27.9 Å². The first kappa shape index (κ1) is 14.4. The molecule has 108 valence electrons. The number of nitrogens with zero attached hydrogens (tertiary/aromatic N) is 3. The smallest absolute Gasteiger partial charge is 0.119 e. The average molecular weight is 281 g/mol. The van der Waals surface area contributed by atoms with Gasteiger partial charge in [-0.2, -0.15) is 0 Å². The quantitative estimate of drug-likeness (QED) is 0.778. The van der Waals surface area contributed by atoms with Gasteiger partial charge in [-0.25, -0.2) is 0 Å².